The predicted molar refractivity (Wildman–Crippen MR) is 96.5 cm³/mol. The molecule has 1 aromatic carbocycles. The van der Waals surface area contributed by atoms with Crippen LogP contribution in [0.4, 0.5) is 9.39 Å². The van der Waals surface area contributed by atoms with Gasteiger partial charge in [-0.25, -0.2) is 17.8 Å². The molecule has 25 heavy (non-hydrogen) atoms. The Bertz CT molecular complexity index is 907. The van der Waals surface area contributed by atoms with Gasteiger partial charge in [-0.3, -0.25) is 4.79 Å². The zero-order valence-electron chi connectivity index (χ0n) is 13.4. The first-order valence-electron chi connectivity index (χ1n) is 7.64. The molecule has 1 N–H and O–H groups in total. The number of rotatable bonds is 4. The van der Waals surface area contributed by atoms with Gasteiger partial charge in [0.2, 0.25) is 5.91 Å². The molecule has 1 aromatic heterocycles. The quantitative estimate of drug-likeness (QED) is 0.851. The minimum atomic E-state index is -3.11. The summed E-state index contributed by atoms with van der Waals surface area (Å²) in [4.78, 5) is 16.6. The fraction of sp³-hybridized carbons (Fsp3) is 0.375. The molecule has 0 radical (unpaired) electrons. The Morgan fingerprint density at radius 2 is 2.20 bits per heavy atom. The molecule has 0 spiro atoms. The number of nitrogens with one attached hydrogen (secondary N) is 1. The van der Waals surface area contributed by atoms with E-state index in [0.717, 1.165) is 0 Å². The first-order chi connectivity index (χ1) is 11.7. The maximum atomic E-state index is 13.4. The van der Waals surface area contributed by atoms with E-state index in [1.54, 1.807) is 13.0 Å². The molecule has 0 aliphatic carbocycles. The van der Waals surface area contributed by atoms with E-state index in [4.69, 9.17) is 11.6 Å². The SMILES string of the molecule is Cc1nc(Cc2cc(F)cc(Cl)c2)sc1NC(=O)C1CCS(=O)(=O)C1. The number of sulfone groups is 1. The Hall–Kier alpha value is -1.51. The minimum Gasteiger partial charge on any atom is -0.316 e. The van der Waals surface area contributed by atoms with Crippen LogP contribution in [-0.2, 0) is 21.1 Å². The molecule has 9 heteroatoms. The lowest BCUT2D eigenvalue weighted by Crippen LogP contribution is -2.23. The smallest absolute Gasteiger partial charge is 0.229 e. The highest BCUT2D eigenvalue weighted by Crippen LogP contribution is 2.28. The van der Waals surface area contributed by atoms with Crippen LogP contribution in [0.15, 0.2) is 18.2 Å². The second-order valence-electron chi connectivity index (χ2n) is 6.07. The summed E-state index contributed by atoms with van der Waals surface area (Å²) in [7, 11) is -3.11. The van der Waals surface area contributed by atoms with Crippen molar-refractivity contribution in [2.45, 2.75) is 19.8 Å². The molecule has 1 atom stereocenters. The van der Waals surface area contributed by atoms with E-state index in [-0.39, 0.29) is 17.4 Å². The number of carbonyl (C=O) groups excluding carboxylic acids is 1. The van der Waals surface area contributed by atoms with Crippen molar-refractivity contribution >= 4 is 43.7 Å². The number of halogens is 2. The summed E-state index contributed by atoms with van der Waals surface area (Å²) >= 11 is 7.15. The van der Waals surface area contributed by atoms with E-state index in [2.05, 4.69) is 10.3 Å². The molecule has 134 valence electrons. The van der Waals surface area contributed by atoms with Crippen molar-refractivity contribution in [3.63, 3.8) is 0 Å². The molecule has 2 aromatic rings. The first kappa shape index (κ1) is 18.3. The van der Waals surface area contributed by atoms with E-state index in [9.17, 15) is 17.6 Å². The normalized spacial score (nSPS) is 19.1. The lowest BCUT2D eigenvalue weighted by molar-refractivity contribution is -0.119. The Morgan fingerprint density at radius 3 is 2.84 bits per heavy atom. The molecule has 1 aliphatic rings. The van der Waals surface area contributed by atoms with Gasteiger partial charge in [0.1, 0.15) is 10.8 Å². The van der Waals surface area contributed by atoms with Gasteiger partial charge in [-0.05, 0) is 37.1 Å². The number of hydrogen-bond acceptors (Lipinski definition) is 5. The molecule has 2 heterocycles. The Morgan fingerprint density at radius 1 is 1.44 bits per heavy atom. The third kappa shape index (κ3) is 4.56. The number of benzene rings is 1. The number of amides is 1. The highest BCUT2D eigenvalue weighted by atomic mass is 35.5. The summed E-state index contributed by atoms with van der Waals surface area (Å²) in [6.07, 6.45) is 0.747. The van der Waals surface area contributed by atoms with Crippen molar-refractivity contribution < 1.29 is 17.6 Å². The van der Waals surface area contributed by atoms with Gasteiger partial charge in [0, 0.05) is 11.4 Å². The van der Waals surface area contributed by atoms with Gasteiger partial charge >= 0.3 is 0 Å². The fourth-order valence-corrected chi connectivity index (χ4v) is 5.74. The number of aryl methyl sites for hydroxylation is 1. The monoisotopic (exact) mass is 402 g/mol. The van der Waals surface area contributed by atoms with Crippen LogP contribution in [0.1, 0.15) is 22.7 Å². The van der Waals surface area contributed by atoms with Crippen molar-refractivity contribution in [1.29, 1.82) is 0 Å². The molecule has 5 nitrogen and oxygen atoms in total. The van der Waals surface area contributed by atoms with Gasteiger partial charge in [-0.1, -0.05) is 11.6 Å². The number of nitrogens with zero attached hydrogens (tertiary/aromatic N) is 1. The van der Waals surface area contributed by atoms with E-state index in [1.165, 1.54) is 23.5 Å². The Balaban J connectivity index is 1.71. The number of hydrogen-bond donors (Lipinski definition) is 1. The predicted octanol–water partition coefficient (Wildman–Crippen LogP) is 3.21. The topological polar surface area (TPSA) is 76.1 Å². The second-order valence-corrected chi connectivity index (χ2v) is 9.81. The zero-order valence-corrected chi connectivity index (χ0v) is 15.8. The lowest BCUT2D eigenvalue weighted by Gasteiger charge is -2.07. The summed E-state index contributed by atoms with van der Waals surface area (Å²) < 4.78 is 36.4. The third-order valence-electron chi connectivity index (χ3n) is 3.96. The van der Waals surface area contributed by atoms with Crippen molar-refractivity contribution in [2.75, 3.05) is 16.8 Å². The maximum absolute atomic E-state index is 13.4. The summed E-state index contributed by atoms with van der Waals surface area (Å²) in [5, 5.41) is 4.40. The standard InChI is InChI=1S/C16H16ClFN2O3S2/c1-9-16(20-15(21)11-2-3-25(22,23)8-11)24-14(19-9)6-10-4-12(17)7-13(18)5-10/h4-5,7,11H,2-3,6,8H2,1H3,(H,20,21). The summed E-state index contributed by atoms with van der Waals surface area (Å²) in [5.41, 5.74) is 1.34. The molecule has 1 aliphatic heterocycles. The highest BCUT2D eigenvalue weighted by molar-refractivity contribution is 7.91. The third-order valence-corrected chi connectivity index (χ3v) is 7.02. The van der Waals surface area contributed by atoms with Gasteiger partial charge in [-0.2, -0.15) is 0 Å². The second kappa shape index (κ2) is 7.01. The van der Waals surface area contributed by atoms with Gasteiger partial charge < -0.3 is 5.32 Å². The van der Waals surface area contributed by atoms with Gasteiger partial charge in [0.25, 0.3) is 0 Å². The molecule has 1 amide bonds. The van der Waals surface area contributed by atoms with Crippen molar-refractivity contribution in [3.8, 4) is 0 Å². The van der Waals surface area contributed by atoms with Crippen LogP contribution in [0, 0.1) is 18.7 Å². The maximum Gasteiger partial charge on any atom is 0.229 e. The van der Waals surface area contributed by atoms with Crippen LogP contribution in [0.3, 0.4) is 0 Å². The van der Waals surface area contributed by atoms with E-state index in [0.29, 0.717) is 39.1 Å². The molecule has 1 unspecified atom stereocenters. The summed E-state index contributed by atoms with van der Waals surface area (Å²) in [6.45, 7) is 1.76. The number of carbonyl (C=O) groups is 1. The average Bonchev–Trinajstić information content (AvgIpc) is 3.00. The van der Waals surface area contributed by atoms with Crippen LogP contribution >= 0.6 is 22.9 Å². The molecular weight excluding hydrogens is 387 g/mol. The van der Waals surface area contributed by atoms with Crippen LogP contribution in [-0.4, -0.2) is 30.8 Å². The average molecular weight is 403 g/mol. The van der Waals surface area contributed by atoms with E-state index in [1.807, 2.05) is 0 Å². The Labute approximate surface area is 154 Å². The van der Waals surface area contributed by atoms with Gasteiger partial charge in [0.05, 0.1) is 28.1 Å². The lowest BCUT2D eigenvalue weighted by atomic mass is 10.1. The minimum absolute atomic E-state index is 0.0539. The molecule has 0 saturated carbocycles. The van der Waals surface area contributed by atoms with Gasteiger partial charge in [0.15, 0.2) is 9.84 Å². The van der Waals surface area contributed by atoms with Gasteiger partial charge in [-0.15, -0.1) is 11.3 Å². The van der Waals surface area contributed by atoms with Crippen molar-refractivity contribution in [2.24, 2.45) is 5.92 Å². The molecule has 1 fully saturated rings. The van der Waals surface area contributed by atoms with Crippen molar-refractivity contribution in [3.05, 3.63) is 45.3 Å². The number of aromatic nitrogens is 1. The van der Waals surface area contributed by atoms with E-state index >= 15 is 0 Å². The van der Waals surface area contributed by atoms with E-state index < -0.39 is 21.6 Å². The zero-order chi connectivity index (χ0) is 18.2. The molecule has 0 bridgehead atoms. The van der Waals surface area contributed by atoms with Crippen LogP contribution in [0.5, 0.6) is 0 Å². The largest absolute Gasteiger partial charge is 0.316 e. The Kier molecular flexibility index (Phi) is 5.13. The molecular formula is C16H16ClFN2O3S2. The highest BCUT2D eigenvalue weighted by Gasteiger charge is 2.33. The molecule has 1 saturated heterocycles. The number of anilines is 1. The summed E-state index contributed by atoms with van der Waals surface area (Å²) in [5.74, 6) is -1.28. The number of thiazole rings is 1. The molecule has 3 rings (SSSR count). The fourth-order valence-electron chi connectivity index (χ4n) is 2.75. The summed E-state index contributed by atoms with van der Waals surface area (Å²) in [6, 6.07) is 4.30. The van der Waals surface area contributed by atoms with Crippen LogP contribution < -0.4 is 5.32 Å². The van der Waals surface area contributed by atoms with Crippen molar-refractivity contribution in [1.82, 2.24) is 4.98 Å². The van der Waals surface area contributed by atoms with Crippen LogP contribution in [0.25, 0.3) is 0 Å². The first-order valence-corrected chi connectivity index (χ1v) is 10.7. The van der Waals surface area contributed by atoms with Crippen LogP contribution in [0.2, 0.25) is 5.02 Å².